The third-order valence-corrected chi connectivity index (χ3v) is 4.47. The molecule has 1 aliphatic heterocycles. The molecule has 0 aliphatic carbocycles. The standard InChI is InChI=1S/C16H17IN2O4S/c1-4-19-15(21)10(14(20)18-16(19)24)6-9-7-11(17)13(22-3)12(8-9)23-5-2/h6-8H,4-5H2,1-3H3,(H,18,20,24)/b10-6+. The molecule has 1 aliphatic rings. The summed E-state index contributed by atoms with van der Waals surface area (Å²) in [7, 11) is 1.57. The first-order valence-corrected chi connectivity index (χ1v) is 8.80. The zero-order valence-corrected chi connectivity index (χ0v) is 16.5. The normalized spacial score (nSPS) is 16.4. The molecule has 0 aromatic heterocycles. The van der Waals surface area contributed by atoms with Gasteiger partial charge in [-0.2, -0.15) is 0 Å². The second-order valence-electron chi connectivity index (χ2n) is 4.83. The van der Waals surface area contributed by atoms with Crippen molar-refractivity contribution in [1.82, 2.24) is 10.2 Å². The van der Waals surface area contributed by atoms with Crippen LogP contribution in [-0.2, 0) is 9.59 Å². The fraction of sp³-hybridized carbons (Fsp3) is 0.312. The number of nitrogens with zero attached hydrogens (tertiary/aromatic N) is 1. The number of hydrogen-bond donors (Lipinski definition) is 1. The summed E-state index contributed by atoms with van der Waals surface area (Å²) in [4.78, 5) is 25.9. The number of methoxy groups -OCH3 is 1. The van der Waals surface area contributed by atoms with Gasteiger partial charge in [-0.15, -0.1) is 0 Å². The van der Waals surface area contributed by atoms with E-state index < -0.39 is 11.8 Å². The molecule has 0 radical (unpaired) electrons. The zero-order valence-electron chi connectivity index (χ0n) is 13.5. The van der Waals surface area contributed by atoms with Crippen LogP contribution >= 0.6 is 34.8 Å². The van der Waals surface area contributed by atoms with Gasteiger partial charge in [0, 0.05) is 6.54 Å². The summed E-state index contributed by atoms with van der Waals surface area (Å²) in [6.45, 7) is 4.53. The van der Waals surface area contributed by atoms with E-state index in [-0.39, 0.29) is 10.7 Å². The van der Waals surface area contributed by atoms with Crippen LogP contribution in [0.2, 0.25) is 0 Å². The van der Waals surface area contributed by atoms with Crippen LogP contribution in [0.15, 0.2) is 17.7 Å². The molecule has 1 heterocycles. The number of halogens is 1. The SMILES string of the molecule is CCOc1cc(/C=C2\C(=O)NC(=S)N(CC)C2=O)cc(I)c1OC. The quantitative estimate of drug-likeness (QED) is 0.316. The van der Waals surface area contributed by atoms with Gasteiger partial charge in [0.2, 0.25) is 0 Å². The molecule has 1 fully saturated rings. The van der Waals surface area contributed by atoms with Crippen molar-refractivity contribution >= 4 is 57.8 Å². The summed E-state index contributed by atoms with van der Waals surface area (Å²) in [6.07, 6.45) is 1.53. The first-order valence-electron chi connectivity index (χ1n) is 7.32. The molecule has 0 spiro atoms. The van der Waals surface area contributed by atoms with E-state index in [9.17, 15) is 9.59 Å². The lowest BCUT2D eigenvalue weighted by Crippen LogP contribution is -2.53. The van der Waals surface area contributed by atoms with Gasteiger partial charge >= 0.3 is 0 Å². The number of benzene rings is 1. The van der Waals surface area contributed by atoms with Crippen LogP contribution < -0.4 is 14.8 Å². The Morgan fingerprint density at radius 1 is 1.33 bits per heavy atom. The Labute approximate surface area is 159 Å². The van der Waals surface area contributed by atoms with Crippen molar-refractivity contribution in [3.8, 4) is 11.5 Å². The fourth-order valence-electron chi connectivity index (χ4n) is 2.28. The first kappa shape index (κ1) is 18.7. The number of amides is 2. The second-order valence-corrected chi connectivity index (χ2v) is 6.38. The van der Waals surface area contributed by atoms with Gasteiger partial charge in [0.05, 0.1) is 17.3 Å². The maximum Gasteiger partial charge on any atom is 0.265 e. The minimum absolute atomic E-state index is 0.0360. The van der Waals surface area contributed by atoms with Crippen molar-refractivity contribution in [2.75, 3.05) is 20.3 Å². The lowest BCUT2D eigenvalue weighted by Gasteiger charge is -2.27. The maximum absolute atomic E-state index is 12.5. The highest BCUT2D eigenvalue weighted by molar-refractivity contribution is 14.1. The number of thiocarbonyl (C=S) groups is 1. The van der Waals surface area contributed by atoms with Crippen LogP contribution in [0.1, 0.15) is 19.4 Å². The molecule has 1 saturated heterocycles. The molecule has 6 nitrogen and oxygen atoms in total. The lowest BCUT2D eigenvalue weighted by molar-refractivity contribution is -0.128. The van der Waals surface area contributed by atoms with E-state index >= 15 is 0 Å². The van der Waals surface area contributed by atoms with Crippen LogP contribution in [0.3, 0.4) is 0 Å². The van der Waals surface area contributed by atoms with Crippen molar-refractivity contribution in [2.45, 2.75) is 13.8 Å². The molecule has 0 saturated carbocycles. The minimum Gasteiger partial charge on any atom is -0.492 e. The number of likely N-dealkylation sites (N-methyl/N-ethyl adjacent to an activating group) is 1. The van der Waals surface area contributed by atoms with Crippen molar-refractivity contribution < 1.29 is 19.1 Å². The predicted octanol–water partition coefficient (Wildman–Crippen LogP) is 2.35. The van der Waals surface area contributed by atoms with Crippen LogP contribution in [-0.4, -0.2) is 42.1 Å². The summed E-state index contributed by atoms with van der Waals surface area (Å²) in [5, 5.41) is 2.66. The van der Waals surface area contributed by atoms with E-state index in [1.165, 1.54) is 11.0 Å². The number of ether oxygens (including phenoxy) is 2. The minimum atomic E-state index is -0.501. The average Bonchev–Trinajstić information content (AvgIpc) is 2.52. The van der Waals surface area contributed by atoms with Gasteiger partial charge in [-0.1, -0.05) is 0 Å². The molecule has 1 aromatic rings. The van der Waals surface area contributed by atoms with E-state index in [2.05, 4.69) is 27.9 Å². The van der Waals surface area contributed by atoms with Crippen LogP contribution in [0.25, 0.3) is 6.08 Å². The summed E-state index contributed by atoms with van der Waals surface area (Å²) >= 11 is 7.13. The van der Waals surface area contributed by atoms with Gasteiger partial charge in [0.15, 0.2) is 16.6 Å². The topological polar surface area (TPSA) is 67.9 Å². The fourth-order valence-corrected chi connectivity index (χ4v) is 3.43. The Morgan fingerprint density at radius 2 is 2.04 bits per heavy atom. The highest BCUT2D eigenvalue weighted by Crippen LogP contribution is 2.34. The highest BCUT2D eigenvalue weighted by atomic mass is 127. The van der Waals surface area contributed by atoms with E-state index in [1.54, 1.807) is 20.1 Å². The molecule has 2 amide bonds. The Bertz CT molecular complexity index is 733. The zero-order chi connectivity index (χ0) is 17.9. The van der Waals surface area contributed by atoms with Gasteiger partial charge < -0.3 is 9.47 Å². The Morgan fingerprint density at radius 3 is 2.62 bits per heavy atom. The first-order chi connectivity index (χ1) is 11.4. The van der Waals surface area contributed by atoms with Crippen LogP contribution in [0.4, 0.5) is 0 Å². The number of nitrogens with one attached hydrogen (secondary N) is 1. The third-order valence-electron chi connectivity index (χ3n) is 3.35. The Kier molecular flexibility index (Phi) is 6.16. The van der Waals surface area contributed by atoms with Crippen molar-refractivity contribution in [3.63, 3.8) is 0 Å². The van der Waals surface area contributed by atoms with Crippen molar-refractivity contribution in [2.24, 2.45) is 0 Å². The maximum atomic E-state index is 12.5. The predicted molar refractivity (Wildman–Crippen MR) is 103 cm³/mol. The molecule has 128 valence electrons. The third kappa shape index (κ3) is 3.69. The molecule has 8 heteroatoms. The lowest BCUT2D eigenvalue weighted by atomic mass is 10.1. The van der Waals surface area contributed by atoms with E-state index in [1.807, 2.05) is 13.0 Å². The highest BCUT2D eigenvalue weighted by Gasteiger charge is 2.32. The van der Waals surface area contributed by atoms with Crippen LogP contribution in [0, 0.1) is 3.57 Å². The van der Waals surface area contributed by atoms with Gasteiger partial charge in [-0.05, 0) is 72.4 Å². The summed E-state index contributed by atoms with van der Waals surface area (Å²) in [5.41, 5.74) is 0.708. The molecule has 1 N–H and O–H groups in total. The van der Waals surface area contributed by atoms with Gasteiger partial charge in [0.25, 0.3) is 11.8 Å². The molecule has 0 atom stereocenters. The number of carbonyl (C=O) groups is 2. The molecular formula is C16H17IN2O4S. The number of hydrogen-bond acceptors (Lipinski definition) is 5. The summed E-state index contributed by atoms with van der Waals surface area (Å²) in [5.74, 6) is 0.272. The summed E-state index contributed by atoms with van der Waals surface area (Å²) in [6, 6.07) is 3.56. The van der Waals surface area contributed by atoms with Crippen LogP contribution in [0.5, 0.6) is 11.5 Å². The Balaban J connectivity index is 2.48. The van der Waals surface area contributed by atoms with Gasteiger partial charge in [0.1, 0.15) is 5.57 Å². The molecule has 24 heavy (non-hydrogen) atoms. The molecule has 0 bridgehead atoms. The van der Waals surface area contributed by atoms with Crippen molar-refractivity contribution in [1.29, 1.82) is 0 Å². The van der Waals surface area contributed by atoms with Gasteiger partial charge in [-0.25, -0.2) is 0 Å². The largest absolute Gasteiger partial charge is 0.492 e. The molecule has 1 aromatic carbocycles. The molecule has 0 unspecified atom stereocenters. The van der Waals surface area contributed by atoms with E-state index in [0.717, 1.165) is 3.57 Å². The molecule has 2 rings (SSSR count). The number of carbonyl (C=O) groups excluding carboxylic acids is 2. The smallest absolute Gasteiger partial charge is 0.265 e. The second kappa shape index (κ2) is 7.93. The summed E-state index contributed by atoms with van der Waals surface area (Å²) < 4.78 is 11.7. The number of rotatable bonds is 5. The monoisotopic (exact) mass is 460 g/mol. The molecular weight excluding hydrogens is 443 g/mol. The average molecular weight is 460 g/mol. The van der Waals surface area contributed by atoms with E-state index in [4.69, 9.17) is 21.7 Å². The van der Waals surface area contributed by atoms with Crippen molar-refractivity contribution in [3.05, 3.63) is 26.8 Å². The Hall–Kier alpha value is -1.68. The van der Waals surface area contributed by atoms with Gasteiger partial charge in [-0.3, -0.25) is 19.8 Å². The van der Waals surface area contributed by atoms with E-state index in [0.29, 0.717) is 30.2 Å².